The molecule has 0 saturated heterocycles. The van der Waals surface area contributed by atoms with E-state index in [4.69, 9.17) is 21.1 Å². The highest BCUT2D eigenvalue weighted by Crippen LogP contribution is 2.39. The number of hydrogen-bond donors (Lipinski definition) is 0. The predicted octanol–water partition coefficient (Wildman–Crippen LogP) is 3.31. The van der Waals surface area contributed by atoms with Gasteiger partial charge in [-0.15, -0.1) is 0 Å². The highest BCUT2D eigenvalue weighted by Gasteiger charge is 2.34. The second-order valence-corrected chi connectivity index (χ2v) is 6.41. The largest absolute Gasteiger partial charge is 0.486 e. The summed E-state index contributed by atoms with van der Waals surface area (Å²) in [5, 5.41) is 0.410. The molecule has 1 aromatic carbocycles. The molecule has 0 radical (unpaired) electrons. The van der Waals surface area contributed by atoms with E-state index in [2.05, 4.69) is 4.98 Å². The van der Waals surface area contributed by atoms with Crippen LogP contribution in [0.15, 0.2) is 36.7 Å². The Bertz CT molecular complexity index is 762. The number of halogens is 1. The molecule has 1 aliphatic carbocycles. The van der Waals surface area contributed by atoms with Crippen LogP contribution in [0.2, 0.25) is 5.02 Å². The van der Waals surface area contributed by atoms with Gasteiger partial charge in [0.1, 0.15) is 13.2 Å². The minimum Gasteiger partial charge on any atom is -0.486 e. The van der Waals surface area contributed by atoms with Gasteiger partial charge in [-0.3, -0.25) is 9.78 Å². The van der Waals surface area contributed by atoms with Gasteiger partial charge < -0.3 is 14.4 Å². The van der Waals surface area contributed by atoms with Crippen molar-refractivity contribution in [1.82, 2.24) is 9.88 Å². The van der Waals surface area contributed by atoms with Crippen LogP contribution in [0.4, 0.5) is 0 Å². The van der Waals surface area contributed by atoms with Gasteiger partial charge in [0, 0.05) is 30.5 Å². The Balaban J connectivity index is 1.62. The van der Waals surface area contributed by atoms with E-state index >= 15 is 0 Å². The van der Waals surface area contributed by atoms with Gasteiger partial charge in [0.15, 0.2) is 11.5 Å². The van der Waals surface area contributed by atoms with Gasteiger partial charge in [0.2, 0.25) is 0 Å². The normalized spacial score (nSPS) is 15.9. The molecule has 1 aromatic heterocycles. The van der Waals surface area contributed by atoms with Gasteiger partial charge in [0.25, 0.3) is 5.91 Å². The first-order valence-corrected chi connectivity index (χ1v) is 8.39. The zero-order chi connectivity index (χ0) is 16.5. The lowest BCUT2D eigenvalue weighted by molar-refractivity contribution is 0.0728. The maximum absolute atomic E-state index is 13.0. The molecule has 4 rings (SSSR count). The second-order valence-electron chi connectivity index (χ2n) is 6.01. The van der Waals surface area contributed by atoms with Crippen molar-refractivity contribution in [3.05, 3.63) is 52.8 Å². The third-order valence-corrected chi connectivity index (χ3v) is 4.45. The van der Waals surface area contributed by atoms with E-state index in [0.29, 0.717) is 41.8 Å². The number of ether oxygens (including phenoxy) is 2. The van der Waals surface area contributed by atoms with Crippen molar-refractivity contribution < 1.29 is 14.3 Å². The topological polar surface area (TPSA) is 51.7 Å². The fourth-order valence-electron chi connectivity index (χ4n) is 2.84. The lowest BCUT2D eigenvalue weighted by atomic mass is 10.1. The van der Waals surface area contributed by atoms with E-state index in [1.54, 1.807) is 24.5 Å². The van der Waals surface area contributed by atoms with Crippen LogP contribution in [-0.4, -0.2) is 35.0 Å². The zero-order valence-corrected chi connectivity index (χ0v) is 13.8. The van der Waals surface area contributed by atoms with E-state index in [0.717, 1.165) is 18.4 Å². The Hall–Kier alpha value is -2.27. The van der Waals surface area contributed by atoms with Gasteiger partial charge in [-0.2, -0.15) is 0 Å². The summed E-state index contributed by atoms with van der Waals surface area (Å²) >= 11 is 6.27. The monoisotopic (exact) mass is 344 g/mol. The minimum atomic E-state index is -0.0415. The number of benzene rings is 1. The summed E-state index contributed by atoms with van der Waals surface area (Å²) in [5.41, 5.74) is 1.54. The molecule has 0 bridgehead atoms. The Morgan fingerprint density at radius 3 is 2.88 bits per heavy atom. The van der Waals surface area contributed by atoms with Gasteiger partial charge in [-0.1, -0.05) is 17.7 Å². The number of nitrogens with zero attached hydrogens (tertiary/aromatic N) is 2. The van der Waals surface area contributed by atoms with Crippen LogP contribution in [0.3, 0.4) is 0 Å². The Morgan fingerprint density at radius 1 is 1.29 bits per heavy atom. The molecule has 2 heterocycles. The fraction of sp³-hybridized carbons (Fsp3) is 0.333. The average molecular weight is 345 g/mol. The molecule has 1 amide bonds. The first kappa shape index (κ1) is 15.3. The van der Waals surface area contributed by atoms with Crippen molar-refractivity contribution in [3.63, 3.8) is 0 Å². The highest BCUT2D eigenvalue weighted by atomic mass is 35.5. The summed E-state index contributed by atoms with van der Waals surface area (Å²) in [6, 6.07) is 7.53. The van der Waals surface area contributed by atoms with Crippen LogP contribution in [0.25, 0.3) is 0 Å². The molecule has 2 aliphatic rings. The lowest BCUT2D eigenvalue weighted by Gasteiger charge is -2.24. The van der Waals surface area contributed by atoms with Crippen LogP contribution in [0.5, 0.6) is 11.5 Å². The molecule has 1 aliphatic heterocycles. The molecule has 1 fully saturated rings. The van der Waals surface area contributed by atoms with E-state index in [9.17, 15) is 4.79 Å². The Kier molecular flexibility index (Phi) is 4.02. The Morgan fingerprint density at radius 2 is 2.12 bits per heavy atom. The maximum atomic E-state index is 13.0. The summed E-state index contributed by atoms with van der Waals surface area (Å²) in [4.78, 5) is 19.0. The third-order valence-electron chi connectivity index (χ3n) is 4.17. The van der Waals surface area contributed by atoms with Crippen LogP contribution >= 0.6 is 11.6 Å². The molecule has 0 unspecified atom stereocenters. The van der Waals surface area contributed by atoms with Crippen LogP contribution < -0.4 is 9.47 Å². The van der Waals surface area contributed by atoms with Gasteiger partial charge in [0.05, 0.1) is 5.02 Å². The van der Waals surface area contributed by atoms with E-state index in [1.807, 2.05) is 17.0 Å². The molecule has 1 saturated carbocycles. The molecule has 0 N–H and O–H groups in total. The number of rotatable bonds is 4. The molecule has 0 spiro atoms. The first-order chi connectivity index (χ1) is 11.7. The number of fused-ring (bicyclic) bond motifs is 1. The van der Waals surface area contributed by atoms with Crippen molar-refractivity contribution in [2.45, 2.75) is 25.4 Å². The van der Waals surface area contributed by atoms with Gasteiger partial charge in [-0.25, -0.2) is 0 Å². The summed E-state index contributed by atoms with van der Waals surface area (Å²) in [6.45, 7) is 1.47. The number of aromatic nitrogens is 1. The van der Waals surface area contributed by atoms with Crippen LogP contribution in [-0.2, 0) is 6.54 Å². The standard InChI is InChI=1S/C18H17ClN2O3/c19-15-8-13(9-16-17(15)24-7-6-23-16)18(22)21(14-3-4-14)11-12-2-1-5-20-10-12/h1-2,5,8-10,14H,3-4,6-7,11H2. The SMILES string of the molecule is O=C(c1cc(Cl)c2c(c1)OCCO2)N(Cc1cccnc1)C1CC1. The van der Waals surface area contributed by atoms with Gasteiger partial charge in [-0.05, 0) is 36.6 Å². The summed E-state index contributed by atoms with van der Waals surface area (Å²) < 4.78 is 11.1. The molecule has 124 valence electrons. The lowest BCUT2D eigenvalue weighted by Crippen LogP contribution is -2.32. The molecular formula is C18H17ClN2O3. The molecular weight excluding hydrogens is 328 g/mol. The quantitative estimate of drug-likeness (QED) is 0.853. The molecule has 6 heteroatoms. The Labute approximate surface area is 145 Å². The molecule has 2 aromatic rings. The first-order valence-electron chi connectivity index (χ1n) is 8.01. The summed E-state index contributed by atoms with van der Waals surface area (Å²) in [7, 11) is 0. The van der Waals surface area contributed by atoms with Crippen molar-refractivity contribution in [2.24, 2.45) is 0 Å². The van der Waals surface area contributed by atoms with Gasteiger partial charge >= 0.3 is 0 Å². The molecule has 0 atom stereocenters. The number of pyridine rings is 1. The van der Waals surface area contributed by atoms with E-state index in [-0.39, 0.29) is 11.9 Å². The second kappa shape index (κ2) is 6.32. The van der Waals surface area contributed by atoms with Crippen LogP contribution in [0, 0.1) is 0 Å². The fourth-order valence-corrected chi connectivity index (χ4v) is 3.11. The predicted molar refractivity (Wildman–Crippen MR) is 89.6 cm³/mol. The van der Waals surface area contributed by atoms with E-state index < -0.39 is 0 Å². The molecule has 24 heavy (non-hydrogen) atoms. The smallest absolute Gasteiger partial charge is 0.254 e. The summed E-state index contributed by atoms with van der Waals surface area (Å²) in [6.07, 6.45) is 5.58. The van der Waals surface area contributed by atoms with Crippen molar-refractivity contribution in [2.75, 3.05) is 13.2 Å². The average Bonchev–Trinajstić information content (AvgIpc) is 3.45. The summed E-state index contributed by atoms with van der Waals surface area (Å²) in [5.74, 6) is 1.01. The van der Waals surface area contributed by atoms with Crippen molar-refractivity contribution in [1.29, 1.82) is 0 Å². The van der Waals surface area contributed by atoms with E-state index in [1.165, 1.54) is 0 Å². The molecule has 5 nitrogen and oxygen atoms in total. The van der Waals surface area contributed by atoms with Crippen molar-refractivity contribution >= 4 is 17.5 Å². The van der Waals surface area contributed by atoms with Crippen molar-refractivity contribution in [3.8, 4) is 11.5 Å². The zero-order valence-electron chi connectivity index (χ0n) is 13.1. The minimum absolute atomic E-state index is 0.0415. The third kappa shape index (κ3) is 3.04. The number of carbonyl (C=O) groups excluding carboxylic acids is 1. The number of carbonyl (C=O) groups is 1. The van der Waals surface area contributed by atoms with Crippen LogP contribution in [0.1, 0.15) is 28.8 Å². The highest BCUT2D eigenvalue weighted by molar-refractivity contribution is 6.32. The number of amides is 1. The maximum Gasteiger partial charge on any atom is 0.254 e. The number of hydrogen-bond acceptors (Lipinski definition) is 4.